The van der Waals surface area contributed by atoms with Gasteiger partial charge < -0.3 is 14.6 Å². The second kappa shape index (κ2) is 7.26. The van der Waals surface area contributed by atoms with Crippen LogP contribution in [0.2, 0.25) is 0 Å². The number of rotatable bonds is 7. The van der Waals surface area contributed by atoms with E-state index in [1.807, 2.05) is 43.3 Å². The maximum absolute atomic E-state index is 9.14. The Balaban J connectivity index is 1.69. The molecule has 0 aromatic heterocycles. The number of hydrogen-bond donors (Lipinski definition) is 2. The molecule has 1 unspecified atom stereocenters. The Morgan fingerprint density at radius 1 is 1.08 bits per heavy atom. The summed E-state index contributed by atoms with van der Waals surface area (Å²) in [5, 5.41) is 9.14. The Morgan fingerprint density at radius 2 is 1.64 bits per heavy atom. The number of benzene rings is 2. The lowest BCUT2D eigenvalue weighted by atomic mass is 9.84. The summed E-state index contributed by atoms with van der Waals surface area (Å²) in [6.07, 6.45) is 1.03. The van der Waals surface area contributed by atoms with Crippen LogP contribution in [-0.4, -0.2) is 24.9 Å². The molecule has 0 saturated carbocycles. The molecule has 1 atom stereocenters. The maximum Gasteiger partial charge on any atom is 0.140 e. The van der Waals surface area contributed by atoms with E-state index in [9.17, 15) is 0 Å². The van der Waals surface area contributed by atoms with Crippen molar-refractivity contribution in [2.75, 3.05) is 19.8 Å². The van der Waals surface area contributed by atoms with Crippen LogP contribution in [0.25, 0.3) is 11.1 Å². The van der Waals surface area contributed by atoms with Crippen molar-refractivity contribution in [3.05, 3.63) is 59.7 Å². The molecule has 0 aliphatic carbocycles. The fraction of sp³-hybridized carbons (Fsp3) is 0.429. The molecule has 134 valence electrons. The zero-order valence-electron chi connectivity index (χ0n) is 15.0. The van der Waals surface area contributed by atoms with E-state index in [1.165, 1.54) is 0 Å². The molecule has 4 nitrogen and oxygen atoms in total. The molecule has 1 aliphatic rings. The van der Waals surface area contributed by atoms with Crippen LogP contribution in [0.1, 0.15) is 31.4 Å². The fourth-order valence-corrected chi connectivity index (χ4v) is 2.96. The monoisotopic (exact) mass is 341 g/mol. The fourth-order valence-electron chi connectivity index (χ4n) is 2.96. The highest BCUT2D eigenvalue weighted by molar-refractivity contribution is 5.64. The van der Waals surface area contributed by atoms with Crippen molar-refractivity contribution >= 4 is 0 Å². The molecule has 3 N–H and O–H groups in total. The van der Waals surface area contributed by atoms with Crippen LogP contribution < -0.4 is 5.73 Å². The molecule has 1 heterocycles. The quantitative estimate of drug-likeness (QED) is 0.758. The maximum atomic E-state index is 9.14. The van der Waals surface area contributed by atoms with E-state index in [4.69, 9.17) is 20.3 Å². The van der Waals surface area contributed by atoms with Gasteiger partial charge >= 0.3 is 0 Å². The van der Waals surface area contributed by atoms with Gasteiger partial charge in [0.25, 0.3) is 0 Å². The Kier molecular flexibility index (Phi) is 5.25. The lowest BCUT2D eigenvalue weighted by Crippen LogP contribution is -2.49. The van der Waals surface area contributed by atoms with Gasteiger partial charge in [0.05, 0.1) is 26.4 Å². The van der Waals surface area contributed by atoms with E-state index in [0.29, 0.717) is 6.61 Å². The van der Waals surface area contributed by atoms with E-state index in [2.05, 4.69) is 19.1 Å². The van der Waals surface area contributed by atoms with Gasteiger partial charge in [-0.25, -0.2) is 0 Å². The van der Waals surface area contributed by atoms with E-state index >= 15 is 0 Å². The summed E-state index contributed by atoms with van der Waals surface area (Å²) in [5.74, 6) is 0. The van der Waals surface area contributed by atoms with Crippen molar-refractivity contribution in [2.24, 2.45) is 11.1 Å². The zero-order chi connectivity index (χ0) is 17.9. The first-order valence-corrected chi connectivity index (χ1v) is 8.79. The van der Waals surface area contributed by atoms with E-state index in [0.717, 1.165) is 41.9 Å². The first-order valence-electron chi connectivity index (χ1n) is 8.79. The molecule has 0 amide bonds. The molecule has 1 saturated heterocycles. The third-order valence-electron chi connectivity index (χ3n) is 5.17. The van der Waals surface area contributed by atoms with Crippen molar-refractivity contribution in [1.29, 1.82) is 0 Å². The number of nitrogens with two attached hydrogens (primary N) is 1. The van der Waals surface area contributed by atoms with Crippen LogP contribution in [0.15, 0.2) is 48.5 Å². The Hall–Kier alpha value is -1.72. The molecule has 0 radical (unpaired) electrons. The zero-order valence-corrected chi connectivity index (χ0v) is 15.0. The predicted octanol–water partition coefficient (Wildman–Crippen LogP) is 3.42. The number of ether oxygens (including phenoxy) is 2. The Labute approximate surface area is 149 Å². The highest BCUT2D eigenvalue weighted by atomic mass is 16.5. The third-order valence-corrected chi connectivity index (χ3v) is 5.17. The average Bonchev–Trinajstić information content (AvgIpc) is 2.61. The highest BCUT2D eigenvalue weighted by Gasteiger charge is 2.39. The van der Waals surface area contributed by atoms with Crippen molar-refractivity contribution in [3.63, 3.8) is 0 Å². The van der Waals surface area contributed by atoms with Gasteiger partial charge in [0.2, 0.25) is 0 Å². The summed E-state index contributed by atoms with van der Waals surface area (Å²) in [6.45, 7) is 6.25. The van der Waals surface area contributed by atoms with E-state index in [1.54, 1.807) is 0 Å². The lowest BCUT2D eigenvalue weighted by Gasteiger charge is -2.42. The number of hydrogen-bond acceptors (Lipinski definition) is 4. The van der Waals surface area contributed by atoms with Gasteiger partial charge in [-0.1, -0.05) is 55.5 Å². The van der Waals surface area contributed by atoms with Gasteiger partial charge in [0, 0.05) is 5.41 Å². The smallest absolute Gasteiger partial charge is 0.140 e. The molecule has 4 heteroatoms. The van der Waals surface area contributed by atoms with Crippen molar-refractivity contribution in [1.82, 2.24) is 0 Å². The molecule has 2 aromatic rings. The van der Waals surface area contributed by atoms with Crippen LogP contribution in [0.5, 0.6) is 0 Å². The molecule has 25 heavy (non-hydrogen) atoms. The van der Waals surface area contributed by atoms with Crippen LogP contribution in [0, 0.1) is 5.41 Å². The average molecular weight is 341 g/mol. The molecule has 1 fully saturated rings. The van der Waals surface area contributed by atoms with Gasteiger partial charge in [-0.05, 0) is 35.6 Å². The molecule has 0 spiro atoms. The van der Waals surface area contributed by atoms with Gasteiger partial charge in [0.1, 0.15) is 5.72 Å². The predicted molar refractivity (Wildman–Crippen MR) is 98.8 cm³/mol. The van der Waals surface area contributed by atoms with Crippen molar-refractivity contribution in [3.8, 4) is 11.1 Å². The molecule has 1 aliphatic heterocycles. The third kappa shape index (κ3) is 3.93. The molecule has 0 bridgehead atoms. The largest absolute Gasteiger partial charge is 0.392 e. The molecule has 3 rings (SSSR count). The topological polar surface area (TPSA) is 64.7 Å². The summed E-state index contributed by atoms with van der Waals surface area (Å²) in [5.41, 5.74) is 9.80. The van der Waals surface area contributed by atoms with Crippen LogP contribution in [-0.2, 0) is 21.8 Å². The van der Waals surface area contributed by atoms with Crippen LogP contribution in [0.3, 0.4) is 0 Å². The number of aliphatic hydroxyl groups excluding tert-OH is 1. The second-order valence-corrected chi connectivity index (χ2v) is 7.17. The first kappa shape index (κ1) is 18.1. The number of aliphatic hydroxyl groups is 1. The molecule has 2 aromatic carbocycles. The summed E-state index contributed by atoms with van der Waals surface area (Å²) < 4.78 is 11.4. The van der Waals surface area contributed by atoms with Crippen molar-refractivity contribution < 1.29 is 14.6 Å². The SMILES string of the molecule is CCC1(COC(C)(N)c2ccc(-c3ccc(CO)cc3)cc2)COC1. The second-order valence-electron chi connectivity index (χ2n) is 7.17. The van der Waals surface area contributed by atoms with Gasteiger partial charge in [0.15, 0.2) is 0 Å². The van der Waals surface area contributed by atoms with E-state index < -0.39 is 5.72 Å². The van der Waals surface area contributed by atoms with Crippen LogP contribution >= 0.6 is 0 Å². The lowest BCUT2D eigenvalue weighted by molar-refractivity contribution is -0.178. The Bertz CT molecular complexity index is 683. The summed E-state index contributed by atoms with van der Waals surface area (Å²) in [4.78, 5) is 0. The normalized spacial score (nSPS) is 18.4. The highest BCUT2D eigenvalue weighted by Crippen LogP contribution is 2.34. The van der Waals surface area contributed by atoms with Crippen molar-refractivity contribution in [2.45, 2.75) is 32.6 Å². The summed E-state index contributed by atoms with van der Waals surface area (Å²) in [6, 6.07) is 16.0. The standard InChI is InChI=1S/C21H27NO3/c1-3-21(13-24-14-21)15-25-20(2,22)19-10-8-18(9-11-19)17-6-4-16(12-23)5-7-17/h4-11,23H,3,12-15,22H2,1-2H3. The minimum absolute atomic E-state index is 0.0619. The van der Waals surface area contributed by atoms with E-state index in [-0.39, 0.29) is 12.0 Å². The van der Waals surface area contributed by atoms with Gasteiger partial charge in [-0.3, -0.25) is 5.73 Å². The van der Waals surface area contributed by atoms with Gasteiger partial charge in [-0.2, -0.15) is 0 Å². The Morgan fingerprint density at radius 3 is 2.08 bits per heavy atom. The van der Waals surface area contributed by atoms with Crippen LogP contribution in [0.4, 0.5) is 0 Å². The molecular formula is C21H27NO3. The summed E-state index contributed by atoms with van der Waals surface area (Å²) in [7, 11) is 0. The minimum Gasteiger partial charge on any atom is -0.392 e. The summed E-state index contributed by atoms with van der Waals surface area (Å²) >= 11 is 0. The molecular weight excluding hydrogens is 314 g/mol. The minimum atomic E-state index is -0.822. The first-order chi connectivity index (χ1) is 12.0. The van der Waals surface area contributed by atoms with Gasteiger partial charge in [-0.15, -0.1) is 0 Å².